The Bertz CT molecular complexity index is 836. The van der Waals surface area contributed by atoms with Crippen LogP contribution in [0.25, 0.3) is 10.9 Å². The van der Waals surface area contributed by atoms with Crippen LogP contribution in [0.1, 0.15) is 0 Å². The minimum Gasteiger partial charge on any atom is -0.454 e. The van der Waals surface area contributed by atoms with Crippen LogP contribution in [-0.4, -0.2) is 16.8 Å². The number of anilines is 1. The van der Waals surface area contributed by atoms with E-state index < -0.39 is 0 Å². The van der Waals surface area contributed by atoms with E-state index in [0.29, 0.717) is 23.1 Å². The molecule has 0 saturated carbocycles. The average Bonchev–Trinajstić information content (AvgIpc) is 2.94. The monoisotopic (exact) mass is 281 g/mol. The highest BCUT2D eigenvalue weighted by Crippen LogP contribution is 2.37. The van der Waals surface area contributed by atoms with Gasteiger partial charge in [0.15, 0.2) is 11.5 Å². The molecule has 4 rings (SSSR count). The molecule has 1 aliphatic rings. The summed E-state index contributed by atoms with van der Waals surface area (Å²) in [4.78, 5) is 8.34. The van der Waals surface area contributed by atoms with Crippen LogP contribution < -0.4 is 19.9 Å². The number of rotatable bonds is 2. The molecule has 3 aromatic rings. The van der Waals surface area contributed by atoms with E-state index in [9.17, 15) is 0 Å². The zero-order chi connectivity index (χ0) is 14.2. The second-order valence-corrected chi connectivity index (χ2v) is 4.52. The Kier molecular flexibility index (Phi) is 2.53. The van der Waals surface area contributed by atoms with Gasteiger partial charge in [0.05, 0.1) is 10.9 Å². The lowest BCUT2D eigenvalue weighted by molar-refractivity contribution is 0.174. The average molecular weight is 281 g/mol. The van der Waals surface area contributed by atoms with Gasteiger partial charge in [-0.25, -0.2) is 4.98 Å². The number of nitrogens with two attached hydrogens (primary N) is 1. The largest absolute Gasteiger partial charge is 0.454 e. The van der Waals surface area contributed by atoms with Crippen LogP contribution in [0.2, 0.25) is 0 Å². The highest BCUT2D eigenvalue weighted by atomic mass is 16.7. The van der Waals surface area contributed by atoms with E-state index in [1.54, 1.807) is 18.2 Å². The van der Waals surface area contributed by atoms with Crippen LogP contribution in [0, 0.1) is 0 Å². The van der Waals surface area contributed by atoms with Gasteiger partial charge in [-0.15, -0.1) is 0 Å². The summed E-state index contributed by atoms with van der Waals surface area (Å²) in [7, 11) is 0. The standard InChI is InChI=1S/C15H11N3O3/c16-15-17-11-4-2-1-3-10(11)14(18-15)21-9-5-6-12-13(7-9)20-8-19-12/h1-7H,8H2,(H2,16,17,18). The molecule has 0 bridgehead atoms. The lowest BCUT2D eigenvalue weighted by atomic mass is 10.2. The van der Waals surface area contributed by atoms with Gasteiger partial charge in [-0.05, 0) is 24.3 Å². The van der Waals surface area contributed by atoms with E-state index in [-0.39, 0.29) is 12.7 Å². The van der Waals surface area contributed by atoms with Crippen LogP contribution in [0.4, 0.5) is 5.95 Å². The summed E-state index contributed by atoms with van der Waals surface area (Å²) in [5, 5.41) is 0.796. The number of benzene rings is 2. The molecule has 0 aliphatic carbocycles. The molecule has 2 heterocycles. The molecule has 0 amide bonds. The SMILES string of the molecule is Nc1nc(Oc2ccc3c(c2)OCO3)c2ccccc2n1. The third kappa shape index (κ3) is 2.06. The number of nitrogen functional groups attached to an aromatic ring is 1. The summed E-state index contributed by atoms with van der Waals surface area (Å²) in [6.07, 6.45) is 0. The van der Waals surface area contributed by atoms with Crippen molar-refractivity contribution in [2.24, 2.45) is 0 Å². The van der Waals surface area contributed by atoms with Gasteiger partial charge in [-0.3, -0.25) is 0 Å². The molecule has 2 aromatic carbocycles. The number of hydrogen-bond acceptors (Lipinski definition) is 6. The van der Waals surface area contributed by atoms with E-state index >= 15 is 0 Å². The Balaban J connectivity index is 1.77. The predicted molar refractivity (Wildman–Crippen MR) is 76.6 cm³/mol. The summed E-state index contributed by atoms with van der Waals surface area (Å²) < 4.78 is 16.4. The van der Waals surface area contributed by atoms with E-state index in [1.807, 2.05) is 24.3 Å². The van der Waals surface area contributed by atoms with Crippen molar-refractivity contribution in [3.05, 3.63) is 42.5 Å². The van der Waals surface area contributed by atoms with Crippen molar-refractivity contribution in [3.8, 4) is 23.1 Å². The fourth-order valence-electron chi connectivity index (χ4n) is 2.19. The van der Waals surface area contributed by atoms with E-state index in [0.717, 1.165) is 10.9 Å². The molecule has 6 nitrogen and oxygen atoms in total. The van der Waals surface area contributed by atoms with Crippen molar-refractivity contribution < 1.29 is 14.2 Å². The summed E-state index contributed by atoms with van der Waals surface area (Å²) in [6, 6.07) is 12.9. The zero-order valence-corrected chi connectivity index (χ0v) is 10.9. The molecule has 0 spiro atoms. The summed E-state index contributed by atoms with van der Waals surface area (Å²) in [5.74, 6) is 2.54. The summed E-state index contributed by atoms with van der Waals surface area (Å²) in [6.45, 7) is 0.224. The number of fused-ring (bicyclic) bond motifs is 2. The first-order chi connectivity index (χ1) is 10.3. The van der Waals surface area contributed by atoms with Crippen molar-refractivity contribution >= 4 is 16.9 Å². The Morgan fingerprint density at radius 3 is 2.81 bits per heavy atom. The van der Waals surface area contributed by atoms with Gasteiger partial charge in [0.1, 0.15) is 5.75 Å². The molecule has 0 atom stereocenters. The van der Waals surface area contributed by atoms with Crippen molar-refractivity contribution in [3.63, 3.8) is 0 Å². The highest BCUT2D eigenvalue weighted by Gasteiger charge is 2.15. The normalized spacial score (nSPS) is 12.6. The van der Waals surface area contributed by atoms with Gasteiger partial charge in [0.2, 0.25) is 18.6 Å². The molecule has 2 N–H and O–H groups in total. The third-order valence-corrected chi connectivity index (χ3v) is 3.14. The Labute approximate surface area is 120 Å². The highest BCUT2D eigenvalue weighted by molar-refractivity contribution is 5.84. The second-order valence-electron chi connectivity index (χ2n) is 4.52. The summed E-state index contributed by atoms with van der Waals surface area (Å²) in [5.41, 5.74) is 6.46. The molecule has 0 unspecified atom stereocenters. The Morgan fingerprint density at radius 1 is 1.00 bits per heavy atom. The fourth-order valence-corrected chi connectivity index (χ4v) is 2.19. The maximum absolute atomic E-state index is 5.83. The molecular weight excluding hydrogens is 270 g/mol. The maximum Gasteiger partial charge on any atom is 0.231 e. The fraction of sp³-hybridized carbons (Fsp3) is 0.0667. The van der Waals surface area contributed by atoms with Gasteiger partial charge >= 0.3 is 0 Å². The molecule has 21 heavy (non-hydrogen) atoms. The van der Waals surface area contributed by atoms with Gasteiger partial charge < -0.3 is 19.9 Å². The first kappa shape index (κ1) is 11.8. The third-order valence-electron chi connectivity index (χ3n) is 3.14. The molecule has 0 radical (unpaired) electrons. The first-order valence-electron chi connectivity index (χ1n) is 6.39. The summed E-state index contributed by atoms with van der Waals surface area (Å²) >= 11 is 0. The van der Waals surface area contributed by atoms with Crippen molar-refractivity contribution in [1.82, 2.24) is 9.97 Å². The lowest BCUT2D eigenvalue weighted by Crippen LogP contribution is -1.98. The molecule has 6 heteroatoms. The Morgan fingerprint density at radius 2 is 1.86 bits per heavy atom. The quantitative estimate of drug-likeness (QED) is 0.778. The minimum atomic E-state index is 0.171. The molecule has 104 valence electrons. The van der Waals surface area contributed by atoms with E-state index in [1.165, 1.54) is 0 Å². The number of para-hydroxylation sites is 1. The lowest BCUT2D eigenvalue weighted by Gasteiger charge is -2.08. The predicted octanol–water partition coefficient (Wildman–Crippen LogP) is 2.73. The van der Waals surface area contributed by atoms with Gasteiger partial charge in [-0.1, -0.05) is 12.1 Å². The zero-order valence-electron chi connectivity index (χ0n) is 10.9. The van der Waals surface area contributed by atoms with Crippen LogP contribution in [0.15, 0.2) is 42.5 Å². The smallest absolute Gasteiger partial charge is 0.231 e. The van der Waals surface area contributed by atoms with Crippen LogP contribution in [0.5, 0.6) is 23.1 Å². The van der Waals surface area contributed by atoms with Gasteiger partial charge in [-0.2, -0.15) is 4.98 Å². The van der Waals surface area contributed by atoms with Gasteiger partial charge in [0.25, 0.3) is 0 Å². The van der Waals surface area contributed by atoms with Crippen molar-refractivity contribution in [1.29, 1.82) is 0 Å². The Hall–Kier alpha value is -3.02. The van der Waals surface area contributed by atoms with Crippen molar-refractivity contribution in [2.75, 3.05) is 12.5 Å². The van der Waals surface area contributed by atoms with Gasteiger partial charge in [0, 0.05) is 6.07 Å². The first-order valence-corrected chi connectivity index (χ1v) is 6.39. The maximum atomic E-state index is 5.83. The molecule has 1 aliphatic heterocycles. The molecule has 0 fully saturated rings. The van der Waals surface area contributed by atoms with Crippen molar-refractivity contribution in [2.45, 2.75) is 0 Å². The van der Waals surface area contributed by atoms with Crippen LogP contribution in [0.3, 0.4) is 0 Å². The molecule has 1 aromatic heterocycles. The topological polar surface area (TPSA) is 79.5 Å². The number of ether oxygens (including phenoxy) is 3. The van der Waals surface area contributed by atoms with Crippen LogP contribution in [-0.2, 0) is 0 Å². The number of hydrogen-bond donors (Lipinski definition) is 1. The minimum absolute atomic E-state index is 0.171. The number of aromatic nitrogens is 2. The molecular formula is C15H11N3O3. The van der Waals surface area contributed by atoms with E-state index in [2.05, 4.69) is 9.97 Å². The number of nitrogens with zero attached hydrogens (tertiary/aromatic N) is 2. The second kappa shape index (κ2) is 4.52. The van der Waals surface area contributed by atoms with E-state index in [4.69, 9.17) is 19.9 Å². The van der Waals surface area contributed by atoms with Crippen LogP contribution >= 0.6 is 0 Å². The molecule has 0 saturated heterocycles.